The predicted molar refractivity (Wildman–Crippen MR) is 36.6 cm³/mol. The molecule has 0 saturated carbocycles. The van der Waals surface area contributed by atoms with Crippen LogP contribution in [0.4, 0.5) is 17.6 Å². The monoisotopic (exact) mass is 186 g/mol. The number of alkyl halides is 4. The van der Waals surface area contributed by atoms with Gasteiger partial charge in [0.25, 0.3) is 0 Å². The molecule has 0 spiro atoms. The SMILES string of the molecule is C=CCOCC(F)(F)C(C)(F)F. The third-order valence-electron chi connectivity index (χ3n) is 1.16. The topological polar surface area (TPSA) is 9.23 Å². The lowest BCUT2D eigenvalue weighted by Crippen LogP contribution is -2.41. The van der Waals surface area contributed by atoms with E-state index in [-0.39, 0.29) is 13.5 Å². The molecule has 0 aliphatic rings. The van der Waals surface area contributed by atoms with Gasteiger partial charge in [0, 0.05) is 6.92 Å². The third kappa shape index (κ3) is 3.21. The molecule has 0 N–H and O–H groups in total. The summed E-state index contributed by atoms with van der Waals surface area (Å²) in [6.45, 7) is 1.89. The highest BCUT2D eigenvalue weighted by Gasteiger charge is 2.52. The maximum atomic E-state index is 12.3. The molecule has 0 aliphatic carbocycles. The maximum Gasteiger partial charge on any atom is 0.332 e. The number of hydrogen-bond donors (Lipinski definition) is 0. The zero-order valence-electron chi connectivity index (χ0n) is 6.62. The summed E-state index contributed by atoms with van der Waals surface area (Å²) >= 11 is 0. The van der Waals surface area contributed by atoms with Gasteiger partial charge in [-0.05, 0) is 0 Å². The summed E-state index contributed by atoms with van der Waals surface area (Å²) in [5, 5.41) is 0. The van der Waals surface area contributed by atoms with Gasteiger partial charge in [0.05, 0.1) is 6.61 Å². The Morgan fingerprint density at radius 1 is 1.33 bits per heavy atom. The van der Waals surface area contributed by atoms with Gasteiger partial charge in [0.2, 0.25) is 0 Å². The van der Waals surface area contributed by atoms with Crippen molar-refractivity contribution in [3.63, 3.8) is 0 Å². The van der Waals surface area contributed by atoms with Crippen molar-refractivity contribution in [3.05, 3.63) is 12.7 Å². The van der Waals surface area contributed by atoms with E-state index in [2.05, 4.69) is 11.3 Å². The van der Waals surface area contributed by atoms with Crippen molar-refractivity contribution in [2.24, 2.45) is 0 Å². The molecule has 72 valence electrons. The van der Waals surface area contributed by atoms with Crippen LogP contribution in [0.25, 0.3) is 0 Å². The van der Waals surface area contributed by atoms with Crippen molar-refractivity contribution in [1.29, 1.82) is 0 Å². The molecule has 0 unspecified atom stereocenters. The average Bonchev–Trinajstić information content (AvgIpc) is 1.85. The van der Waals surface area contributed by atoms with E-state index in [4.69, 9.17) is 0 Å². The average molecular weight is 186 g/mol. The molecule has 0 amide bonds. The van der Waals surface area contributed by atoms with E-state index in [0.29, 0.717) is 0 Å². The number of rotatable bonds is 5. The van der Waals surface area contributed by atoms with Crippen LogP contribution in [0, 0.1) is 0 Å². The van der Waals surface area contributed by atoms with Crippen molar-refractivity contribution < 1.29 is 22.3 Å². The summed E-state index contributed by atoms with van der Waals surface area (Å²) in [6.07, 6.45) is 1.21. The molecule has 0 aromatic rings. The standard InChI is InChI=1S/C7H10F4O/c1-3-4-12-5-7(10,11)6(2,8)9/h3H,1,4-5H2,2H3. The van der Waals surface area contributed by atoms with E-state index >= 15 is 0 Å². The fourth-order valence-electron chi connectivity index (χ4n) is 0.397. The molecule has 0 aromatic carbocycles. The number of halogens is 4. The molecule has 12 heavy (non-hydrogen) atoms. The van der Waals surface area contributed by atoms with Crippen LogP contribution in [0.1, 0.15) is 6.92 Å². The highest BCUT2D eigenvalue weighted by atomic mass is 19.3. The molecule has 0 rings (SSSR count). The van der Waals surface area contributed by atoms with Crippen molar-refractivity contribution in [3.8, 4) is 0 Å². The van der Waals surface area contributed by atoms with E-state index in [0.717, 1.165) is 0 Å². The Labute approximate surface area is 68.0 Å². The van der Waals surface area contributed by atoms with Gasteiger partial charge < -0.3 is 4.74 Å². The second kappa shape index (κ2) is 3.89. The highest BCUT2D eigenvalue weighted by Crippen LogP contribution is 2.33. The summed E-state index contributed by atoms with van der Waals surface area (Å²) in [5.41, 5.74) is 0. The Balaban J connectivity index is 3.95. The zero-order valence-corrected chi connectivity index (χ0v) is 6.62. The Bertz CT molecular complexity index is 150. The number of hydrogen-bond acceptors (Lipinski definition) is 1. The molecule has 0 atom stereocenters. The van der Waals surface area contributed by atoms with Gasteiger partial charge in [0.1, 0.15) is 6.61 Å². The minimum Gasteiger partial charge on any atom is -0.371 e. The van der Waals surface area contributed by atoms with Crippen LogP contribution < -0.4 is 0 Å². The van der Waals surface area contributed by atoms with Gasteiger partial charge in [-0.1, -0.05) is 6.08 Å². The smallest absolute Gasteiger partial charge is 0.332 e. The largest absolute Gasteiger partial charge is 0.371 e. The molecule has 0 saturated heterocycles. The van der Waals surface area contributed by atoms with Gasteiger partial charge in [-0.3, -0.25) is 0 Å². The van der Waals surface area contributed by atoms with Gasteiger partial charge in [0.15, 0.2) is 0 Å². The Morgan fingerprint density at radius 3 is 2.17 bits per heavy atom. The minimum absolute atomic E-state index is 0.157. The molecular weight excluding hydrogens is 176 g/mol. The molecule has 0 aliphatic heterocycles. The zero-order chi connectivity index (χ0) is 9.83. The Hall–Kier alpha value is -0.580. The fraction of sp³-hybridized carbons (Fsp3) is 0.714. The molecule has 1 nitrogen and oxygen atoms in total. The summed E-state index contributed by atoms with van der Waals surface area (Å²) < 4.78 is 53.1. The molecular formula is C7H10F4O. The van der Waals surface area contributed by atoms with Gasteiger partial charge in [-0.25, -0.2) is 8.78 Å². The van der Waals surface area contributed by atoms with E-state index in [1.807, 2.05) is 0 Å². The van der Waals surface area contributed by atoms with Crippen LogP contribution in [0.2, 0.25) is 0 Å². The molecule has 0 aromatic heterocycles. The summed E-state index contributed by atoms with van der Waals surface area (Å²) in [7, 11) is 0. The summed E-state index contributed by atoms with van der Waals surface area (Å²) in [6, 6.07) is 0. The molecule has 0 radical (unpaired) electrons. The lowest BCUT2D eigenvalue weighted by molar-refractivity contribution is -0.221. The van der Waals surface area contributed by atoms with E-state index < -0.39 is 18.5 Å². The first-order chi connectivity index (χ1) is 5.31. The van der Waals surface area contributed by atoms with Crippen molar-refractivity contribution in [1.82, 2.24) is 0 Å². The minimum atomic E-state index is -4.12. The molecule has 0 fully saturated rings. The quantitative estimate of drug-likeness (QED) is 0.364. The highest BCUT2D eigenvalue weighted by molar-refractivity contribution is 4.80. The first kappa shape index (κ1) is 11.4. The van der Waals surface area contributed by atoms with Crippen LogP contribution in [-0.4, -0.2) is 25.1 Å². The summed E-state index contributed by atoms with van der Waals surface area (Å²) in [4.78, 5) is 0. The molecule has 0 bridgehead atoms. The van der Waals surface area contributed by atoms with Crippen LogP contribution in [-0.2, 0) is 4.74 Å². The Kier molecular flexibility index (Phi) is 3.70. The van der Waals surface area contributed by atoms with Crippen LogP contribution in [0.5, 0.6) is 0 Å². The van der Waals surface area contributed by atoms with Crippen LogP contribution >= 0.6 is 0 Å². The lowest BCUT2D eigenvalue weighted by atomic mass is 10.2. The Morgan fingerprint density at radius 2 is 1.83 bits per heavy atom. The first-order valence-corrected chi connectivity index (χ1v) is 3.25. The van der Waals surface area contributed by atoms with Crippen LogP contribution in [0.3, 0.4) is 0 Å². The van der Waals surface area contributed by atoms with E-state index in [1.165, 1.54) is 6.08 Å². The molecule has 0 heterocycles. The van der Waals surface area contributed by atoms with Crippen LogP contribution in [0.15, 0.2) is 12.7 Å². The summed E-state index contributed by atoms with van der Waals surface area (Å²) in [5.74, 6) is -8.16. The first-order valence-electron chi connectivity index (χ1n) is 3.25. The van der Waals surface area contributed by atoms with Gasteiger partial charge in [-0.15, -0.1) is 6.58 Å². The second-order valence-electron chi connectivity index (χ2n) is 2.40. The van der Waals surface area contributed by atoms with Crippen molar-refractivity contribution >= 4 is 0 Å². The van der Waals surface area contributed by atoms with Gasteiger partial charge in [-0.2, -0.15) is 8.78 Å². The third-order valence-corrected chi connectivity index (χ3v) is 1.16. The number of ether oxygens (including phenoxy) is 1. The van der Waals surface area contributed by atoms with E-state index in [9.17, 15) is 17.6 Å². The van der Waals surface area contributed by atoms with Gasteiger partial charge >= 0.3 is 11.8 Å². The predicted octanol–water partition coefficient (Wildman–Crippen LogP) is 2.48. The van der Waals surface area contributed by atoms with Crippen molar-refractivity contribution in [2.75, 3.05) is 13.2 Å². The second-order valence-corrected chi connectivity index (χ2v) is 2.40. The van der Waals surface area contributed by atoms with Crippen molar-refractivity contribution in [2.45, 2.75) is 18.8 Å². The normalized spacial score (nSPS) is 13.1. The molecule has 5 heteroatoms. The lowest BCUT2D eigenvalue weighted by Gasteiger charge is -2.22. The fourth-order valence-corrected chi connectivity index (χ4v) is 0.397. The van der Waals surface area contributed by atoms with E-state index in [1.54, 1.807) is 0 Å². The maximum absolute atomic E-state index is 12.3.